The second-order valence-corrected chi connectivity index (χ2v) is 4.06. The highest BCUT2D eigenvalue weighted by molar-refractivity contribution is 6.07. The van der Waals surface area contributed by atoms with Gasteiger partial charge in [-0.25, -0.2) is 0 Å². The van der Waals surface area contributed by atoms with Crippen LogP contribution in [0, 0.1) is 0 Å². The number of aryl methyl sites for hydroxylation is 1. The predicted molar refractivity (Wildman–Crippen MR) is 67.5 cm³/mol. The molecule has 2 aromatic heterocycles. The van der Waals surface area contributed by atoms with Crippen molar-refractivity contribution in [1.82, 2.24) is 9.55 Å². The van der Waals surface area contributed by atoms with Gasteiger partial charge in [-0.2, -0.15) is 0 Å². The van der Waals surface area contributed by atoms with Crippen LogP contribution in [0.2, 0.25) is 0 Å². The SMILES string of the molecule is CCCn1c2ccccc2c2ccncc21. The highest BCUT2D eigenvalue weighted by Crippen LogP contribution is 2.27. The molecule has 16 heavy (non-hydrogen) atoms. The zero-order valence-electron chi connectivity index (χ0n) is 9.35. The molecule has 2 heteroatoms. The van der Waals surface area contributed by atoms with Crippen LogP contribution in [0.5, 0.6) is 0 Å². The first-order valence-electron chi connectivity index (χ1n) is 5.72. The van der Waals surface area contributed by atoms with Crippen molar-refractivity contribution in [2.45, 2.75) is 19.9 Å². The Morgan fingerprint density at radius 1 is 1.06 bits per heavy atom. The molecule has 0 fully saturated rings. The maximum Gasteiger partial charge on any atom is 0.0677 e. The number of hydrogen-bond donors (Lipinski definition) is 0. The van der Waals surface area contributed by atoms with E-state index in [0.717, 1.165) is 13.0 Å². The summed E-state index contributed by atoms with van der Waals surface area (Å²) in [6.45, 7) is 3.26. The molecule has 0 amide bonds. The van der Waals surface area contributed by atoms with Crippen molar-refractivity contribution < 1.29 is 0 Å². The highest BCUT2D eigenvalue weighted by atomic mass is 15.0. The Kier molecular flexibility index (Phi) is 2.13. The number of fused-ring (bicyclic) bond motifs is 3. The molecule has 0 saturated carbocycles. The van der Waals surface area contributed by atoms with Crippen LogP contribution in [-0.2, 0) is 6.54 Å². The van der Waals surface area contributed by atoms with Gasteiger partial charge in [0.15, 0.2) is 0 Å². The molecule has 3 aromatic rings. The zero-order valence-corrected chi connectivity index (χ0v) is 9.35. The van der Waals surface area contributed by atoms with Gasteiger partial charge in [0.1, 0.15) is 0 Å². The van der Waals surface area contributed by atoms with Crippen LogP contribution < -0.4 is 0 Å². The smallest absolute Gasteiger partial charge is 0.0677 e. The summed E-state index contributed by atoms with van der Waals surface area (Å²) in [5.74, 6) is 0. The second kappa shape index (κ2) is 3.63. The molecule has 1 aromatic carbocycles. The maximum absolute atomic E-state index is 4.23. The minimum atomic E-state index is 1.05. The van der Waals surface area contributed by atoms with E-state index >= 15 is 0 Å². The van der Waals surface area contributed by atoms with Crippen molar-refractivity contribution in [2.75, 3.05) is 0 Å². The van der Waals surface area contributed by atoms with Crippen molar-refractivity contribution in [3.8, 4) is 0 Å². The normalized spacial score (nSPS) is 11.3. The van der Waals surface area contributed by atoms with Gasteiger partial charge in [0.2, 0.25) is 0 Å². The molecule has 0 radical (unpaired) electrons. The van der Waals surface area contributed by atoms with Gasteiger partial charge in [-0.05, 0) is 18.6 Å². The summed E-state index contributed by atoms with van der Waals surface area (Å²) in [6, 6.07) is 10.7. The highest BCUT2D eigenvalue weighted by Gasteiger charge is 2.08. The Bertz CT molecular complexity index is 584. The van der Waals surface area contributed by atoms with Gasteiger partial charge in [0.05, 0.1) is 11.7 Å². The van der Waals surface area contributed by atoms with E-state index in [9.17, 15) is 0 Å². The van der Waals surface area contributed by atoms with Crippen molar-refractivity contribution in [3.05, 3.63) is 42.7 Å². The fourth-order valence-corrected chi connectivity index (χ4v) is 2.36. The van der Waals surface area contributed by atoms with Crippen molar-refractivity contribution in [3.63, 3.8) is 0 Å². The van der Waals surface area contributed by atoms with E-state index in [0.29, 0.717) is 0 Å². The molecule has 0 spiro atoms. The van der Waals surface area contributed by atoms with Gasteiger partial charge >= 0.3 is 0 Å². The lowest BCUT2D eigenvalue weighted by atomic mass is 10.2. The van der Waals surface area contributed by atoms with Crippen molar-refractivity contribution in [1.29, 1.82) is 0 Å². The number of para-hydroxylation sites is 1. The molecule has 2 heterocycles. The number of nitrogens with zero attached hydrogens (tertiary/aromatic N) is 2. The lowest BCUT2D eigenvalue weighted by Crippen LogP contribution is -1.95. The van der Waals surface area contributed by atoms with Crippen LogP contribution in [0.3, 0.4) is 0 Å². The van der Waals surface area contributed by atoms with Gasteiger partial charge < -0.3 is 4.57 Å². The van der Waals surface area contributed by atoms with E-state index in [1.807, 2.05) is 12.4 Å². The lowest BCUT2D eigenvalue weighted by molar-refractivity contribution is 0.723. The largest absolute Gasteiger partial charge is 0.339 e. The second-order valence-electron chi connectivity index (χ2n) is 4.06. The molecule has 3 rings (SSSR count). The first-order valence-corrected chi connectivity index (χ1v) is 5.72. The molecule has 80 valence electrons. The number of benzene rings is 1. The van der Waals surface area contributed by atoms with Crippen molar-refractivity contribution in [2.24, 2.45) is 0 Å². The summed E-state index contributed by atoms with van der Waals surface area (Å²) in [4.78, 5) is 4.23. The van der Waals surface area contributed by atoms with E-state index in [1.165, 1.54) is 21.8 Å². The van der Waals surface area contributed by atoms with E-state index in [2.05, 4.69) is 46.8 Å². The standard InChI is InChI=1S/C14H14N2/c1-2-9-16-13-6-4-3-5-11(13)12-7-8-15-10-14(12)16/h3-8,10H,2,9H2,1H3. The van der Waals surface area contributed by atoms with E-state index in [4.69, 9.17) is 0 Å². The Morgan fingerprint density at radius 2 is 1.88 bits per heavy atom. The third-order valence-electron chi connectivity index (χ3n) is 3.02. The topological polar surface area (TPSA) is 17.8 Å². The Balaban J connectivity index is 2.49. The summed E-state index contributed by atoms with van der Waals surface area (Å²) >= 11 is 0. The van der Waals surface area contributed by atoms with Gasteiger partial charge in [0, 0.05) is 29.0 Å². The van der Waals surface area contributed by atoms with E-state index in [-0.39, 0.29) is 0 Å². The van der Waals surface area contributed by atoms with Gasteiger partial charge in [-0.15, -0.1) is 0 Å². The first kappa shape index (κ1) is 9.40. The molecule has 0 aliphatic heterocycles. The predicted octanol–water partition coefficient (Wildman–Crippen LogP) is 3.60. The third-order valence-corrected chi connectivity index (χ3v) is 3.02. The Hall–Kier alpha value is -1.83. The number of hydrogen-bond acceptors (Lipinski definition) is 1. The molecule has 0 saturated heterocycles. The molecule has 0 bridgehead atoms. The number of rotatable bonds is 2. The van der Waals surface area contributed by atoms with Crippen LogP contribution in [0.1, 0.15) is 13.3 Å². The summed E-state index contributed by atoms with van der Waals surface area (Å²) < 4.78 is 2.36. The molecule has 0 aliphatic rings. The Labute approximate surface area is 94.5 Å². The summed E-state index contributed by atoms with van der Waals surface area (Å²) in [6.07, 6.45) is 4.97. The molecule has 0 unspecified atom stereocenters. The fourth-order valence-electron chi connectivity index (χ4n) is 2.36. The van der Waals surface area contributed by atoms with E-state index in [1.54, 1.807) is 0 Å². The van der Waals surface area contributed by atoms with Crippen LogP contribution in [-0.4, -0.2) is 9.55 Å². The summed E-state index contributed by atoms with van der Waals surface area (Å²) in [7, 11) is 0. The fraction of sp³-hybridized carbons (Fsp3) is 0.214. The molecule has 0 atom stereocenters. The van der Waals surface area contributed by atoms with E-state index < -0.39 is 0 Å². The molecular formula is C14H14N2. The molecule has 2 nitrogen and oxygen atoms in total. The quantitative estimate of drug-likeness (QED) is 0.632. The average molecular weight is 210 g/mol. The monoisotopic (exact) mass is 210 g/mol. The van der Waals surface area contributed by atoms with Crippen LogP contribution in [0.4, 0.5) is 0 Å². The van der Waals surface area contributed by atoms with Gasteiger partial charge in [-0.1, -0.05) is 25.1 Å². The van der Waals surface area contributed by atoms with Gasteiger partial charge in [0.25, 0.3) is 0 Å². The average Bonchev–Trinajstić information content (AvgIpc) is 2.66. The first-order chi connectivity index (χ1) is 7.92. The zero-order chi connectivity index (χ0) is 11.0. The van der Waals surface area contributed by atoms with Gasteiger partial charge in [-0.3, -0.25) is 4.98 Å². The van der Waals surface area contributed by atoms with Crippen LogP contribution >= 0.6 is 0 Å². The Morgan fingerprint density at radius 3 is 2.75 bits per heavy atom. The number of aromatic nitrogens is 2. The summed E-state index contributed by atoms with van der Waals surface area (Å²) in [5, 5.41) is 2.63. The lowest BCUT2D eigenvalue weighted by Gasteiger charge is -2.03. The minimum absolute atomic E-state index is 1.05. The van der Waals surface area contributed by atoms with Crippen LogP contribution in [0.25, 0.3) is 21.8 Å². The summed E-state index contributed by atoms with van der Waals surface area (Å²) in [5.41, 5.74) is 2.55. The molecule has 0 N–H and O–H groups in total. The van der Waals surface area contributed by atoms with Crippen LogP contribution in [0.15, 0.2) is 42.7 Å². The minimum Gasteiger partial charge on any atom is -0.339 e. The van der Waals surface area contributed by atoms with Crippen molar-refractivity contribution >= 4 is 21.8 Å². The molecular weight excluding hydrogens is 196 g/mol. The maximum atomic E-state index is 4.23. The third kappa shape index (κ3) is 1.23. The molecule has 0 aliphatic carbocycles. The number of pyridine rings is 1.